The van der Waals surface area contributed by atoms with Gasteiger partial charge >= 0.3 is 0 Å². The Morgan fingerprint density at radius 2 is 2.09 bits per heavy atom. The minimum absolute atomic E-state index is 0.0902. The van der Waals surface area contributed by atoms with Crippen molar-refractivity contribution in [2.75, 3.05) is 13.2 Å². The number of fused-ring (bicyclic) bond motifs is 1. The van der Waals surface area contributed by atoms with Gasteiger partial charge in [-0.1, -0.05) is 18.2 Å². The summed E-state index contributed by atoms with van der Waals surface area (Å²) in [5.41, 5.74) is 4.30. The van der Waals surface area contributed by atoms with Crippen molar-refractivity contribution in [1.29, 1.82) is 0 Å². The third-order valence-corrected chi connectivity index (χ3v) is 4.68. The van der Waals surface area contributed by atoms with Crippen molar-refractivity contribution in [3.8, 4) is 0 Å². The molecule has 0 unspecified atom stereocenters. The average Bonchev–Trinajstić information content (AvgIpc) is 3.15. The molecular formula is C18H19NO3. The number of ether oxygens (including phenoxy) is 2. The number of Topliss-reactive ketones (excluding diaryl/α,β-unsaturated/α-hetero) is 1. The third-order valence-electron chi connectivity index (χ3n) is 4.68. The lowest BCUT2D eigenvalue weighted by Crippen LogP contribution is -2.31. The van der Waals surface area contributed by atoms with Crippen LogP contribution in [0.3, 0.4) is 0 Å². The molecule has 4 heteroatoms. The van der Waals surface area contributed by atoms with E-state index in [1.165, 1.54) is 16.5 Å². The van der Waals surface area contributed by atoms with Gasteiger partial charge in [0.25, 0.3) is 0 Å². The van der Waals surface area contributed by atoms with Crippen LogP contribution in [-0.2, 0) is 9.47 Å². The predicted octanol–water partition coefficient (Wildman–Crippen LogP) is 3.68. The zero-order chi connectivity index (χ0) is 15.2. The summed E-state index contributed by atoms with van der Waals surface area (Å²) in [6.07, 6.45) is 6.92. The maximum Gasteiger partial charge on any atom is 0.172 e. The van der Waals surface area contributed by atoms with Crippen molar-refractivity contribution in [3.05, 3.63) is 41.6 Å². The van der Waals surface area contributed by atoms with E-state index in [2.05, 4.69) is 11.1 Å². The molecule has 2 heterocycles. The van der Waals surface area contributed by atoms with E-state index in [-0.39, 0.29) is 11.6 Å². The van der Waals surface area contributed by atoms with Gasteiger partial charge < -0.3 is 14.5 Å². The van der Waals surface area contributed by atoms with Crippen LogP contribution < -0.4 is 0 Å². The second-order valence-corrected chi connectivity index (χ2v) is 6.06. The number of hydrogen-bond acceptors (Lipinski definition) is 3. The molecule has 1 N–H and O–H groups in total. The molecule has 1 aliphatic heterocycles. The first-order valence-corrected chi connectivity index (χ1v) is 7.76. The molecule has 1 fully saturated rings. The first kappa shape index (κ1) is 13.7. The van der Waals surface area contributed by atoms with Crippen molar-refractivity contribution in [2.24, 2.45) is 0 Å². The number of nitrogens with one attached hydrogen (secondary N) is 1. The Bertz CT molecular complexity index is 766. The average molecular weight is 297 g/mol. The minimum Gasteiger partial charge on any atom is -0.361 e. The number of aromatic nitrogens is 1. The monoisotopic (exact) mass is 297 g/mol. The molecule has 1 aliphatic carbocycles. The van der Waals surface area contributed by atoms with E-state index in [1.54, 1.807) is 6.92 Å². The Morgan fingerprint density at radius 3 is 2.77 bits per heavy atom. The van der Waals surface area contributed by atoms with Gasteiger partial charge in [-0.05, 0) is 25.0 Å². The van der Waals surface area contributed by atoms with Crippen molar-refractivity contribution in [2.45, 2.75) is 32.0 Å². The van der Waals surface area contributed by atoms with Gasteiger partial charge in [0, 0.05) is 41.1 Å². The first-order valence-electron chi connectivity index (χ1n) is 7.76. The highest BCUT2D eigenvalue weighted by Gasteiger charge is 2.37. The Morgan fingerprint density at radius 1 is 1.27 bits per heavy atom. The number of benzene rings is 1. The van der Waals surface area contributed by atoms with Crippen molar-refractivity contribution in [3.63, 3.8) is 0 Å². The van der Waals surface area contributed by atoms with E-state index in [1.807, 2.05) is 24.4 Å². The summed E-state index contributed by atoms with van der Waals surface area (Å²) in [7, 11) is 0. The Hall–Kier alpha value is -1.91. The van der Waals surface area contributed by atoms with Gasteiger partial charge in [-0.15, -0.1) is 0 Å². The summed E-state index contributed by atoms with van der Waals surface area (Å²) >= 11 is 0. The van der Waals surface area contributed by atoms with Crippen molar-refractivity contribution in [1.82, 2.24) is 4.98 Å². The van der Waals surface area contributed by atoms with Crippen LogP contribution >= 0.6 is 0 Å². The number of carbonyl (C=O) groups excluding carboxylic acids is 1. The van der Waals surface area contributed by atoms with Crippen LogP contribution in [0.4, 0.5) is 0 Å². The smallest absolute Gasteiger partial charge is 0.172 e. The normalized spacial score (nSPS) is 20.5. The quantitative estimate of drug-likeness (QED) is 0.860. The summed E-state index contributed by atoms with van der Waals surface area (Å²) in [5.74, 6) is -0.287. The molecule has 1 saturated heterocycles. The fourth-order valence-corrected chi connectivity index (χ4v) is 3.42. The summed E-state index contributed by atoms with van der Waals surface area (Å²) in [6, 6.07) is 5.86. The van der Waals surface area contributed by atoms with E-state index in [0.29, 0.717) is 13.2 Å². The summed E-state index contributed by atoms with van der Waals surface area (Å²) in [4.78, 5) is 14.8. The van der Waals surface area contributed by atoms with Crippen LogP contribution in [0, 0.1) is 0 Å². The lowest BCUT2D eigenvalue weighted by molar-refractivity contribution is -0.159. The van der Waals surface area contributed by atoms with E-state index in [0.717, 1.165) is 30.3 Å². The molecule has 22 heavy (non-hydrogen) atoms. The standard InChI is InChI=1S/C18H19NO3/c1-12(20)14-2-3-15-16(11-19-17(15)10-14)13-4-6-18(7-5-13)21-8-9-22-18/h2-4,10-11,19H,5-9H2,1H3. The summed E-state index contributed by atoms with van der Waals surface area (Å²) < 4.78 is 11.5. The highest BCUT2D eigenvalue weighted by molar-refractivity contribution is 6.00. The fraction of sp³-hybridized carbons (Fsp3) is 0.389. The van der Waals surface area contributed by atoms with E-state index < -0.39 is 0 Å². The van der Waals surface area contributed by atoms with E-state index in [9.17, 15) is 4.79 Å². The van der Waals surface area contributed by atoms with Gasteiger partial charge in [0.1, 0.15) is 0 Å². The third kappa shape index (κ3) is 2.19. The highest BCUT2D eigenvalue weighted by atomic mass is 16.7. The van der Waals surface area contributed by atoms with E-state index in [4.69, 9.17) is 9.47 Å². The molecule has 2 aliphatic rings. The molecule has 0 bridgehead atoms. The number of hydrogen-bond donors (Lipinski definition) is 1. The summed E-state index contributed by atoms with van der Waals surface area (Å²) in [5, 5.41) is 1.17. The lowest BCUT2D eigenvalue weighted by Gasteiger charge is -2.30. The largest absolute Gasteiger partial charge is 0.361 e. The van der Waals surface area contributed by atoms with Gasteiger partial charge in [-0.2, -0.15) is 0 Å². The maximum atomic E-state index is 11.5. The second-order valence-electron chi connectivity index (χ2n) is 6.06. The van der Waals surface area contributed by atoms with Crippen molar-refractivity contribution >= 4 is 22.3 Å². The Balaban J connectivity index is 1.67. The van der Waals surface area contributed by atoms with Gasteiger partial charge in [-0.25, -0.2) is 0 Å². The molecule has 0 amide bonds. The molecule has 0 saturated carbocycles. The minimum atomic E-state index is -0.378. The zero-order valence-corrected chi connectivity index (χ0v) is 12.6. The van der Waals surface area contributed by atoms with Gasteiger partial charge in [0.2, 0.25) is 0 Å². The zero-order valence-electron chi connectivity index (χ0n) is 12.6. The molecule has 1 spiro atoms. The second kappa shape index (κ2) is 5.07. The van der Waals surface area contributed by atoms with Gasteiger partial charge in [-0.3, -0.25) is 4.79 Å². The number of aromatic amines is 1. The molecule has 4 nitrogen and oxygen atoms in total. The highest BCUT2D eigenvalue weighted by Crippen LogP contribution is 2.39. The molecule has 1 aromatic carbocycles. The maximum absolute atomic E-state index is 11.5. The SMILES string of the molecule is CC(=O)c1ccc2c(C3=CCC4(CC3)OCCO4)c[nH]c2c1. The molecular weight excluding hydrogens is 278 g/mol. The van der Waals surface area contributed by atoms with Crippen LogP contribution in [0.25, 0.3) is 16.5 Å². The number of H-pyrrole nitrogens is 1. The van der Waals surface area contributed by atoms with Gasteiger partial charge in [0.05, 0.1) is 13.2 Å². The molecule has 1 aromatic heterocycles. The number of carbonyl (C=O) groups is 1. The Labute approximate surface area is 129 Å². The molecule has 4 rings (SSSR count). The fourth-order valence-electron chi connectivity index (χ4n) is 3.42. The van der Waals surface area contributed by atoms with Crippen LogP contribution in [0.5, 0.6) is 0 Å². The summed E-state index contributed by atoms with van der Waals surface area (Å²) in [6.45, 7) is 2.99. The van der Waals surface area contributed by atoms with Crippen LogP contribution in [0.15, 0.2) is 30.5 Å². The first-order chi connectivity index (χ1) is 10.7. The van der Waals surface area contributed by atoms with Crippen LogP contribution in [0.1, 0.15) is 42.1 Å². The number of ketones is 1. The number of allylic oxidation sites excluding steroid dienone is 1. The lowest BCUT2D eigenvalue weighted by atomic mass is 9.89. The van der Waals surface area contributed by atoms with Gasteiger partial charge in [0.15, 0.2) is 11.6 Å². The number of rotatable bonds is 2. The topological polar surface area (TPSA) is 51.3 Å². The molecule has 0 radical (unpaired) electrons. The van der Waals surface area contributed by atoms with Crippen LogP contribution in [-0.4, -0.2) is 29.8 Å². The molecule has 114 valence electrons. The van der Waals surface area contributed by atoms with Crippen molar-refractivity contribution < 1.29 is 14.3 Å². The van der Waals surface area contributed by atoms with Crippen LogP contribution in [0.2, 0.25) is 0 Å². The Kier molecular flexibility index (Phi) is 3.17. The van der Waals surface area contributed by atoms with E-state index >= 15 is 0 Å². The molecule has 2 aromatic rings. The predicted molar refractivity (Wildman–Crippen MR) is 84.8 cm³/mol. The molecule has 0 atom stereocenters.